The van der Waals surface area contributed by atoms with E-state index in [1.54, 1.807) is 4.90 Å². The van der Waals surface area contributed by atoms with Crippen LogP contribution in [-0.2, 0) is 4.79 Å². The highest BCUT2D eigenvalue weighted by molar-refractivity contribution is 6.02. The summed E-state index contributed by atoms with van der Waals surface area (Å²) >= 11 is 0. The fourth-order valence-electron chi connectivity index (χ4n) is 4.39. The number of primary amides is 1. The summed E-state index contributed by atoms with van der Waals surface area (Å²) in [6.07, 6.45) is 0.622. The molecule has 0 aliphatic heterocycles. The first-order chi connectivity index (χ1) is 15.1. The summed E-state index contributed by atoms with van der Waals surface area (Å²) in [5.41, 5.74) is 10.2. The summed E-state index contributed by atoms with van der Waals surface area (Å²) in [5.74, 6) is -0.303. The molecule has 3 N–H and O–H groups in total. The number of urea groups is 1. The number of rotatable bonds is 9. The second-order valence-corrected chi connectivity index (χ2v) is 9.69. The Morgan fingerprint density at radius 2 is 1.62 bits per heavy atom. The predicted octanol–water partition coefficient (Wildman–Crippen LogP) is 5.52. The Bertz CT molecular complexity index is 976. The van der Waals surface area contributed by atoms with Gasteiger partial charge in [-0.25, -0.2) is 4.79 Å². The molecule has 0 heterocycles. The van der Waals surface area contributed by atoms with Gasteiger partial charge < -0.3 is 15.7 Å². The van der Waals surface area contributed by atoms with Gasteiger partial charge >= 0.3 is 12.0 Å². The van der Waals surface area contributed by atoms with E-state index in [1.807, 2.05) is 49.4 Å². The molecule has 3 rings (SSSR count). The molecule has 0 aromatic heterocycles. The fourth-order valence-corrected chi connectivity index (χ4v) is 4.39. The largest absolute Gasteiger partial charge is 0.481 e. The smallest absolute Gasteiger partial charge is 0.323 e. The molecule has 32 heavy (non-hydrogen) atoms. The molecule has 0 radical (unpaired) electrons. The Kier molecular flexibility index (Phi) is 7.12. The summed E-state index contributed by atoms with van der Waals surface area (Å²) < 4.78 is 0. The number of amides is 2. The first-order valence-electron chi connectivity index (χ1n) is 11.4. The van der Waals surface area contributed by atoms with Crippen molar-refractivity contribution in [3.05, 3.63) is 53.6 Å². The monoisotopic (exact) mass is 437 g/mol. The Balaban J connectivity index is 2.17. The standard InChI is InChI=1S/C26H35N3O3/c1-16(2)14-28(15-17(3)4)23-11-10-19(20-13-21(20)25(30)31)12-24(23)29(26(27)32)22-9-7-6-8-18(22)5/h6-12,16-17,20-21H,13-15H2,1-5H3,(H2,27,32)(H,30,31). The second kappa shape index (κ2) is 9.63. The van der Waals surface area contributed by atoms with Crippen molar-refractivity contribution in [2.75, 3.05) is 22.9 Å². The van der Waals surface area contributed by atoms with Gasteiger partial charge in [-0.2, -0.15) is 0 Å². The van der Waals surface area contributed by atoms with Gasteiger partial charge in [0.2, 0.25) is 0 Å². The number of carbonyl (C=O) groups is 2. The maximum atomic E-state index is 12.8. The molecule has 6 nitrogen and oxygen atoms in total. The molecule has 0 bridgehead atoms. The number of carbonyl (C=O) groups excluding carboxylic acids is 1. The minimum Gasteiger partial charge on any atom is -0.481 e. The summed E-state index contributed by atoms with van der Waals surface area (Å²) in [4.78, 5) is 28.1. The third-order valence-electron chi connectivity index (χ3n) is 5.86. The molecule has 6 heteroatoms. The van der Waals surface area contributed by atoms with Crippen LogP contribution in [0, 0.1) is 24.7 Å². The zero-order valence-corrected chi connectivity index (χ0v) is 19.7. The van der Waals surface area contributed by atoms with Crippen molar-refractivity contribution in [2.45, 2.75) is 47.0 Å². The number of nitrogens with zero attached hydrogens (tertiary/aromatic N) is 2. The van der Waals surface area contributed by atoms with Crippen molar-refractivity contribution in [1.29, 1.82) is 0 Å². The number of anilines is 3. The van der Waals surface area contributed by atoms with E-state index in [0.717, 1.165) is 35.6 Å². The first-order valence-corrected chi connectivity index (χ1v) is 11.4. The van der Waals surface area contributed by atoms with Gasteiger partial charge in [0, 0.05) is 13.1 Å². The van der Waals surface area contributed by atoms with Crippen LogP contribution in [0.25, 0.3) is 0 Å². The number of aryl methyl sites for hydroxylation is 1. The van der Waals surface area contributed by atoms with E-state index in [9.17, 15) is 14.7 Å². The molecular formula is C26H35N3O3. The molecule has 172 valence electrons. The third-order valence-corrected chi connectivity index (χ3v) is 5.86. The number of carboxylic acids is 1. The minimum absolute atomic E-state index is 0.0319. The van der Waals surface area contributed by atoms with Crippen LogP contribution in [0.5, 0.6) is 0 Å². The summed E-state index contributed by atoms with van der Waals surface area (Å²) in [6, 6.07) is 13.1. The molecule has 2 aromatic carbocycles. The minimum atomic E-state index is -0.771. The van der Waals surface area contributed by atoms with Gasteiger partial charge in [0.05, 0.1) is 23.0 Å². The number of hydrogen-bond donors (Lipinski definition) is 2. The molecule has 0 saturated heterocycles. The average molecular weight is 438 g/mol. The molecule has 2 amide bonds. The van der Waals surface area contributed by atoms with Crippen LogP contribution in [0.3, 0.4) is 0 Å². The second-order valence-electron chi connectivity index (χ2n) is 9.69. The SMILES string of the molecule is Cc1ccccc1N(C(N)=O)c1cc(C2CC2C(=O)O)ccc1N(CC(C)C)CC(C)C. The van der Waals surface area contributed by atoms with Crippen LogP contribution in [-0.4, -0.2) is 30.2 Å². The van der Waals surface area contributed by atoms with Gasteiger partial charge in [0.15, 0.2) is 0 Å². The van der Waals surface area contributed by atoms with E-state index in [1.165, 1.54) is 0 Å². The van der Waals surface area contributed by atoms with Gasteiger partial charge in [0.25, 0.3) is 0 Å². The average Bonchev–Trinajstić information content (AvgIpc) is 3.49. The maximum absolute atomic E-state index is 12.8. The molecule has 0 spiro atoms. The van der Waals surface area contributed by atoms with E-state index in [2.05, 4.69) is 32.6 Å². The van der Waals surface area contributed by atoms with Gasteiger partial charge in [-0.3, -0.25) is 9.69 Å². The summed E-state index contributed by atoms with van der Waals surface area (Å²) in [5, 5.41) is 9.41. The van der Waals surface area contributed by atoms with E-state index < -0.39 is 12.0 Å². The van der Waals surface area contributed by atoms with Crippen LogP contribution >= 0.6 is 0 Å². The van der Waals surface area contributed by atoms with Crippen molar-refractivity contribution in [3.8, 4) is 0 Å². The van der Waals surface area contributed by atoms with Crippen LogP contribution in [0.1, 0.15) is 51.2 Å². The lowest BCUT2D eigenvalue weighted by atomic mass is 10.0. The molecule has 2 unspecified atom stereocenters. The molecule has 2 aromatic rings. The van der Waals surface area contributed by atoms with Crippen molar-refractivity contribution in [1.82, 2.24) is 0 Å². The lowest BCUT2D eigenvalue weighted by molar-refractivity contribution is -0.138. The Morgan fingerprint density at radius 3 is 2.12 bits per heavy atom. The highest BCUT2D eigenvalue weighted by atomic mass is 16.4. The lowest BCUT2D eigenvalue weighted by Gasteiger charge is -2.34. The predicted molar refractivity (Wildman–Crippen MR) is 130 cm³/mol. The van der Waals surface area contributed by atoms with E-state index in [0.29, 0.717) is 23.9 Å². The Labute approximate surface area is 191 Å². The summed E-state index contributed by atoms with van der Waals surface area (Å²) in [7, 11) is 0. The highest BCUT2D eigenvalue weighted by Gasteiger charge is 2.44. The Morgan fingerprint density at radius 1 is 1.00 bits per heavy atom. The number of para-hydroxylation sites is 1. The topological polar surface area (TPSA) is 86.9 Å². The van der Waals surface area contributed by atoms with Gasteiger partial charge in [-0.15, -0.1) is 0 Å². The first kappa shape index (κ1) is 23.6. The molecule has 1 fully saturated rings. The lowest BCUT2D eigenvalue weighted by Crippen LogP contribution is -2.36. The molecule has 2 atom stereocenters. The molecule has 1 aliphatic rings. The third kappa shape index (κ3) is 5.23. The zero-order valence-electron chi connectivity index (χ0n) is 19.7. The van der Waals surface area contributed by atoms with Crippen LogP contribution in [0.4, 0.5) is 21.9 Å². The van der Waals surface area contributed by atoms with Crippen LogP contribution in [0.15, 0.2) is 42.5 Å². The fraction of sp³-hybridized carbons (Fsp3) is 0.462. The number of hydrogen-bond acceptors (Lipinski definition) is 3. The van der Waals surface area contributed by atoms with Gasteiger partial charge in [0.1, 0.15) is 0 Å². The van der Waals surface area contributed by atoms with Crippen molar-refractivity contribution in [2.24, 2.45) is 23.5 Å². The molecule has 1 saturated carbocycles. The normalized spacial score (nSPS) is 17.5. The molecule has 1 aliphatic carbocycles. The van der Waals surface area contributed by atoms with Crippen LogP contribution < -0.4 is 15.5 Å². The maximum Gasteiger partial charge on any atom is 0.323 e. The van der Waals surface area contributed by atoms with Crippen LogP contribution in [0.2, 0.25) is 0 Å². The number of aliphatic carboxylic acids is 1. The van der Waals surface area contributed by atoms with Crippen molar-refractivity contribution < 1.29 is 14.7 Å². The van der Waals surface area contributed by atoms with E-state index in [4.69, 9.17) is 5.73 Å². The van der Waals surface area contributed by atoms with E-state index in [-0.39, 0.29) is 11.8 Å². The van der Waals surface area contributed by atoms with Crippen molar-refractivity contribution in [3.63, 3.8) is 0 Å². The quantitative estimate of drug-likeness (QED) is 0.541. The van der Waals surface area contributed by atoms with Gasteiger partial charge in [-0.05, 0) is 60.4 Å². The Hall–Kier alpha value is -3.02. The number of nitrogens with two attached hydrogens (primary N) is 1. The molecular weight excluding hydrogens is 402 g/mol. The number of benzene rings is 2. The van der Waals surface area contributed by atoms with E-state index >= 15 is 0 Å². The zero-order chi connectivity index (χ0) is 23.6. The number of carboxylic acid groups (broad SMARTS) is 1. The summed E-state index contributed by atoms with van der Waals surface area (Å²) in [6.45, 7) is 12.3. The highest BCUT2D eigenvalue weighted by Crippen LogP contribution is 2.50. The van der Waals surface area contributed by atoms with Crippen molar-refractivity contribution >= 4 is 29.1 Å². The van der Waals surface area contributed by atoms with Gasteiger partial charge in [-0.1, -0.05) is 52.0 Å².